The van der Waals surface area contributed by atoms with Crippen molar-refractivity contribution >= 4 is 22.2 Å². The molecule has 0 atom stereocenters. The third-order valence-corrected chi connectivity index (χ3v) is 2.16. The molecule has 14 heavy (non-hydrogen) atoms. The van der Waals surface area contributed by atoms with Gasteiger partial charge in [0.15, 0.2) is 0 Å². The summed E-state index contributed by atoms with van der Waals surface area (Å²) in [6, 6.07) is 3.93. The van der Waals surface area contributed by atoms with Crippen LogP contribution in [-0.4, -0.2) is 15.0 Å². The Balaban J connectivity index is 2.57. The fourth-order valence-corrected chi connectivity index (χ4v) is 1.49. The summed E-state index contributed by atoms with van der Waals surface area (Å²) in [4.78, 5) is 12.3. The molecule has 3 aromatic rings. The van der Waals surface area contributed by atoms with E-state index in [-0.39, 0.29) is 0 Å². The van der Waals surface area contributed by atoms with Gasteiger partial charge in [0, 0.05) is 11.9 Å². The maximum absolute atomic E-state index is 5.47. The molecule has 3 rings (SSSR count). The molecule has 0 radical (unpaired) electrons. The van der Waals surface area contributed by atoms with Crippen molar-refractivity contribution in [3.8, 4) is 0 Å². The van der Waals surface area contributed by atoms with Crippen LogP contribution in [0.25, 0.3) is 22.2 Å². The van der Waals surface area contributed by atoms with Gasteiger partial charge in [0.1, 0.15) is 6.33 Å². The van der Waals surface area contributed by atoms with E-state index in [1.54, 1.807) is 6.20 Å². The van der Waals surface area contributed by atoms with Gasteiger partial charge in [-0.1, -0.05) is 0 Å². The average Bonchev–Trinajstić information content (AvgIpc) is 2.54. The highest BCUT2D eigenvalue weighted by atomic mass is 16.3. The molecule has 3 heterocycles. The minimum atomic E-state index is 0.591. The Kier molecular flexibility index (Phi) is 1.33. The molecular weight excluding hydrogens is 178 g/mol. The van der Waals surface area contributed by atoms with Gasteiger partial charge >= 0.3 is 0 Å². The van der Waals surface area contributed by atoms with Gasteiger partial charge in [-0.25, -0.2) is 15.0 Å². The second-order valence-electron chi connectivity index (χ2n) is 3.15. The van der Waals surface area contributed by atoms with Gasteiger partial charge in [0.05, 0.1) is 10.8 Å². The molecule has 0 bridgehead atoms. The minimum absolute atomic E-state index is 0.591. The summed E-state index contributed by atoms with van der Waals surface area (Å²) < 4.78 is 5.47. The van der Waals surface area contributed by atoms with Gasteiger partial charge in [-0.05, 0) is 19.1 Å². The molecule has 0 amide bonds. The van der Waals surface area contributed by atoms with Crippen molar-refractivity contribution in [2.24, 2.45) is 0 Å². The number of aromatic nitrogens is 3. The van der Waals surface area contributed by atoms with Crippen LogP contribution in [0.1, 0.15) is 5.69 Å². The van der Waals surface area contributed by atoms with Crippen LogP contribution in [0.3, 0.4) is 0 Å². The van der Waals surface area contributed by atoms with Crippen LogP contribution in [0.4, 0.5) is 0 Å². The topological polar surface area (TPSA) is 51.8 Å². The van der Waals surface area contributed by atoms with E-state index in [2.05, 4.69) is 15.0 Å². The predicted molar refractivity (Wildman–Crippen MR) is 51.8 cm³/mol. The second kappa shape index (κ2) is 2.51. The molecule has 0 aliphatic heterocycles. The maximum Gasteiger partial charge on any atom is 0.232 e. The van der Waals surface area contributed by atoms with E-state index in [1.165, 1.54) is 6.33 Å². The van der Waals surface area contributed by atoms with Crippen LogP contribution in [0.15, 0.2) is 29.1 Å². The number of hydrogen-bond acceptors (Lipinski definition) is 4. The van der Waals surface area contributed by atoms with Crippen LogP contribution < -0.4 is 0 Å². The number of hydrogen-bond donors (Lipinski definition) is 0. The molecule has 0 spiro atoms. The standard InChI is InChI=1S/C10H7N3O/c1-6-2-3-7-8-4-11-5-12-9(8)14-10(7)13-6/h2-5H,1H3. The Morgan fingerprint density at radius 3 is 3.00 bits per heavy atom. The molecule has 0 aliphatic carbocycles. The van der Waals surface area contributed by atoms with Gasteiger partial charge in [0.2, 0.25) is 11.4 Å². The second-order valence-corrected chi connectivity index (χ2v) is 3.15. The Morgan fingerprint density at radius 2 is 2.07 bits per heavy atom. The Bertz CT molecular complexity index is 615. The SMILES string of the molecule is Cc1ccc2c(n1)oc1ncncc12. The van der Waals surface area contributed by atoms with Gasteiger partial charge in [0.25, 0.3) is 0 Å². The van der Waals surface area contributed by atoms with Crippen LogP contribution in [0.2, 0.25) is 0 Å². The molecule has 4 heteroatoms. The van der Waals surface area contributed by atoms with E-state index in [1.807, 2.05) is 19.1 Å². The lowest BCUT2D eigenvalue weighted by Crippen LogP contribution is -1.78. The third-order valence-electron chi connectivity index (χ3n) is 2.16. The fourth-order valence-electron chi connectivity index (χ4n) is 1.49. The molecule has 0 saturated carbocycles. The van der Waals surface area contributed by atoms with Crippen molar-refractivity contribution in [2.75, 3.05) is 0 Å². The molecule has 4 nitrogen and oxygen atoms in total. The number of aryl methyl sites for hydroxylation is 1. The molecule has 0 N–H and O–H groups in total. The molecule has 0 aromatic carbocycles. The summed E-state index contributed by atoms with van der Waals surface area (Å²) in [6.07, 6.45) is 3.21. The van der Waals surface area contributed by atoms with Gasteiger partial charge < -0.3 is 4.42 Å². The third kappa shape index (κ3) is 0.907. The number of pyridine rings is 1. The van der Waals surface area contributed by atoms with Crippen molar-refractivity contribution in [1.29, 1.82) is 0 Å². The largest absolute Gasteiger partial charge is 0.419 e. The molecule has 3 aromatic heterocycles. The summed E-state index contributed by atoms with van der Waals surface area (Å²) in [5, 5.41) is 1.88. The summed E-state index contributed by atoms with van der Waals surface area (Å²) in [5.41, 5.74) is 2.15. The first-order chi connectivity index (χ1) is 6.84. The van der Waals surface area contributed by atoms with Crippen molar-refractivity contribution < 1.29 is 4.42 Å². The zero-order valence-corrected chi connectivity index (χ0v) is 7.56. The summed E-state index contributed by atoms with van der Waals surface area (Å²) in [5.74, 6) is 0. The lowest BCUT2D eigenvalue weighted by molar-refractivity contribution is 0.637. The number of nitrogens with zero attached hydrogens (tertiary/aromatic N) is 3. The maximum atomic E-state index is 5.47. The lowest BCUT2D eigenvalue weighted by atomic mass is 10.2. The summed E-state index contributed by atoms with van der Waals surface area (Å²) in [6.45, 7) is 1.93. The van der Waals surface area contributed by atoms with E-state index >= 15 is 0 Å². The first-order valence-electron chi connectivity index (χ1n) is 4.30. The highest BCUT2D eigenvalue weighted by Gasteiger charge is 2.07. The van der Waals surface area contributed by atoms with Crippen molar-refractivity contribution in [1.82, 2.24) is 15.0 Å². The van der Waals surface area contributed by atoms with Crippen LogP contribution in [0, 0.1) is 6.92 Å². The average molecular weight is 185 g/mol. The monoisotopic (exact) mass is 185 g/mol. The van der Waals surface area contributed by atoms with Crippen LogP contribution in [-0.2, 0) is 0 Å². The lowest BCUT2D eigenvalue weighted by Gasteiger charge is -1.89. The van der Waals surface area contributed by atoms with E-state index in [4.69, 9.17) is 4.42 Å². The van der Waals surface area contributed by atoms with E-state index in [0.29, 0.717) is 11.4 Å². The van der Waals surface area contributed by atoms with Crippen molar-refractivity contribution in [3.63, 3.8) is 0 Å². The summed E-state index contributed by atoms with van der Waals surface area (Å²) >= 11 is 0. The molecule has 0 aliphatic rings. The van der Waals surface area contributed by atoms with Gasteiger partial charge in [-0.2, -0.15) is 0 Å². The number of rotatable bonds is 0. The van der Waals surface area contributed by atoms with Crippen LogP contribution >= 0.6 is 0 Å². The van der Waals surface area contributed by atoms with Crippen LogP contribution in [0.5, 0.6) is 0 Å². The van der Waals surface area contributed by atoms with Crippen molar-refractivity contribution in [3.05, 3.63) is 30.4 Å². The minimum Gasteiger partial charge on any atom is -0.419 e. The smallest absolute Gasteiger partial charge is 0.232 e. The predicted octanol–water partition coefficient (Wildman–Crippen LogP) is 2.08. The van der Waals surface area contributed by atoms with E-state index in [0.717, 1.165) is 16.5 Å². The first kappa shape index (κ1) is 7.44. The highest BCUT2D eigenvalue weighted by Crippen LogP contribution is 2.24. The molecule has 0 saturated heterocycles. The van der Waals surface area contributed by atoms with E-state index in [9.17, 15) is 0 Å². The molecule has 68 valence electrons. The zero-order chi connectivity index (χ0) is 9.54. The number of fused-ring (bicyclic) bond motifs is 3. The zero-order valence-electron chi connectivity index (χ0n) is 7.56. The molecular formula is C10H7N3O. The van der Waals surface area contributed by atoms with Gasteiger partial charge in [-0.3, -0.25) is 0 Å². The quantitative estimate of drug-likeness (QED) is 0.538. The van der Waals surface area contributed by atoms with Gasteiger partial charge in [-0.15, -0.1) is 0 Å². The fraction of sp³-hybridized carbons (Fsp3) is 0.100. The molecule has 0 unspecified atom stereocenters. The number of furan rings is 1. The molecule has 0 fully saturated rings. The Labute approximate surface area is 79.6 Å². The normalized spacial score (nSPS) is 11.2. The highest BCUT2D eigenvalue weighted by molar-refractivity contribution is 6.01. The van der Waals surface area contributed by atoms with Crippen molar-refractivity contribution in [2.45, 2.75) is 6.92 Å². The first-order valence-corrected chi connectivity index (χ1v) is 4.30. The Hall–Kier alpha value is -1.97. The summed E-state index contributed by atoms with van der Waals surface area (Å²) in [7, 11) is 0. The Morgan fingerprint density at radius 1 is 1.14 bits per heavy atom. The van der Waals surface area contributed by atoms with E-state index < -0.39 is 0 Å².